The fourth-order valence-corrected chi connectivity index (χ4v) is 2.26. The van der Waals surface area contributed by atoms with Gasteiger partial charge in [0.05, 0.1) is 13.2 Å². The first-order valence-corrected chi connectivity index (χ1v) is 7.80. The van der Waals surface area contributed by atoms with Crippen LogP contribution in [0.15, 0.2) is 36.7 Å². The van der Waals surface area contributed by atoms with Crippen LogP contribution in [-0.4, -0.2) is 36.2 Å². The summed E-state index contributed by atoms with van der Waals surface area (Å²) in [6, 6.07) is 7.25. The zero-order chi connectivity index (χ0) is 17.4. The minimum Gasteiger partial charge on any atom is -0.496 e. The molecule has 1 atom stereocenters. The van der Waals surface area contributed by atoms with E-state index in [0.29, 0.717) is 19.0 Å². The summed E-state index contributed by atoms with van der Waals surface area (Å²) in [6.07, 6.45) is 3.32. The van der Waals surface area contributed by atoms with Gasteiger partial charge in [0.1, 0.15) is 5.75 Å². The molecule has 2 amide bonds. The molecule has 0 unspecified atom stereocenters. The van der Waals surface area contributed by atoms with E-state index in [4.69, 9.17) is 4.74 Å². The zero-order valence-corrected chi connectivity index (χ0v) is 14.2. The predicted octanol–water partition coefficient (Wildman–Crippen LogP) is 2.27. The Balaban J connectivity index is 1.78. The largest absolute Gasteiger partial charge is 0.496 e. The van der Waals surface area contributed by atoms with Crippen LogP contribution in [0.2, 0.25) is 0 Å². The van der Waals surface area contributed by atoms with Gasteiger partial charge in [0.2, 0.25) is 5.95 Å². The molecule has 7 nitrogen and oxygen atoms in total. The molecule has 1 heterocycles. The summed E-state index contributed by atoms with van der Waals surface area (Å²) in [5.41, 5.74) is 2.07. The fraction of sp³-hybridized carbons (Fsp3) is 0.353. The van der Waals surface area contributed by atoms with Crippen LogP contribution in [0.4, 0.5) is 10.7 Å². The van der Waals surface area contributed by atoms with E-state index < -0.39 is 0 Å². The van der Waals surface area contributed by atoms with Crippen LogP contribution in [-0.2, 0) is 0 Å². The van der Waals surface area contributed by atoms with Crippen molar-refractivity contribution >= 4 is 12.0 Å². The van der Waals surface area contributed by atoms with Gasteiger partial charge in [0, 0.05) is 31.0 Å². The molecular formula is C17H23N5O2. The van der Waals surface area contributed by atoms with Crippen molar-refractivity contribution in [2.24, 2.45) is 0 Å². The molecule has 0 fully saturated rings. The van der Waals surface area contributed by atoms with Crippen molar-refractivity contribution < 1.29 is 9.53 Å². The lowest BCUT2D eigenvalue weighted by Crippen LogP contribution is -2.39. The molecule has 0 aliphatic carbocycles. The highest BCUT2D eigenvalue weighted by molar-refractivity contribution is 5.74. The van der Waals surface area contributed by atoms with Crippen LogP contribution < -0.4 is 20.7 Å². The van der Waals surface area contributed by atoms with Gasteiger partial charge >= 0.3 is 6.03 Å². The molecule has 0 bridgehead atoms. The Labute approximate surface area is 141 Å². The Morgan fingerprint density at radius 1 is 1.25 bits per heavy atom. The molecule has 3 N–H and O–H groups in total. The highest BCUT2D eigenvalue weighted by atomic mass is 16.5. The fourth-order valence-electron chi connectivity index (χ4n) is 2.26. The number of ether oxygens (including phenoxy) is 1. The van der Waals surface area contributed by atoms with E-state index in [0.717, 1.165) is 16.9 Å². The maximum Gasteiger partial charge on any atom is 0.315 e. The highest BCUT2D eigenvalue weighted by Gasteiger charge is 2.14. The van der Waals surface area contributed by atoms with Crippen molar-refractivity contribution in [2.45, 2.75) is 19.9 Å². The van der Waals surface area contributed by atoms with Crippen molar-refractivity contribution in [1.82, 2.24) is 20.6 Å². The molecule has 0 saturated heterocycles. The van der Waals surface area contributed by atoms with Gasteiger partial charge in [-0.1, -0.05) is 17.7 Å². The Bertz CT molecular complexity index is 663. The highest BCUT2D eigenvalue weighted by Crippen LogP contribution is 2.25. The standard InChI is InChI=1S/C17H23N5O2/c1-12-5-6-15(24-3)14(11-12)13(2)22-17(23)21-10-9-20-16-18-7-4-8-19-16/h4-8,11,13H,9-10H2,1-3H3,(H,18,19,20)(H2,21,22,23)/t13-/m1/s1. The molecule has 0 aliphatic rings. The van der Waals surface area contributed by atoms with Gasteiger partial charge in [0.25, 0.3) is 0 Å². The number of amides is 2. The first kappa shape index (κ1) is 17.5. The van der Waals surface area contributed by atoms with Crippen molar-refractivity contribution in [3.63, 3.8) is 0 Å². The van der Waals surface area contributed by atoms with E-state index in [1.807, 2.05) is 32.0 Å². The maximum absolute atomic E-state index is 12.0. The topological polar surface area (TPSA) is 88.2 Å². The Morgan fingerprint density at radius 3 is 2.71 bits per heavy atom. The van der Waals surface area contributed by atoms with Crippen LogP contribution >= 0.6 is 0 Å². The second-order valence-corrected chi connectivity index (χ2v) is 5.37. The number of aryl methyl sites for hydroxylation is 1. The first-order valence-electron chi connectivity index (χ1n) is 7.80. The lowest BCUT2D eigenvalue weighted by molar-refractivity contribution is 0.238. The summed E-state index contributed by atoms with van der Waals surface area (Å²) in [6.45, 7) is 4.93. The number of urea groups is 1. The first-order chi connectivity index (χ1) is 11.6. The van der Waals surface area contributed by atoms with Gasteiger partial charge < -0.3 is 20.7 Å². The van der Waals surface area contributed by atoms with E-state index >= 15 is 0 Å². The van der Waals surface area contributed by atoms with E-state index in [1.165, 1.54) is 0 Å². The summed E-state index contributed by atoms with van der Waals surface area (Å²) in [4.78, 5) is 20.1. The number of nitrogens with one attached hydrogen (secondary N) is 3. The number of hydrogen-bond donors (Lipinski definition) is 3. The number of aromatic nitrogens is 2. The number of hydrogen-bond acceptors (Lipinski definition) is 5. The molecular weight excluding hydrogens is 306 g/mol. The van der Waals surface area contributed by atoms with Gasteiger partial charge in [0.15, 0.2) is 0 Å². The van der Waals surface area contributed by atoms with E-state index in [-0.39, 0.29) is 12.1 Å². The minimum atomic E-state index is -0.234. The quantitative estimate of drug-likeness (QED) is 0.678. The van der Waals surface area contributed by atoms with Crippen LogP contribution in [0, 0.1) is 6.92 Å². The number of methoxy groups -OCH3 is 1. The van der Waals surface area contributed by atoms with Crippen LogP contribution in [0.1, 0.15) is 24.1 Å². The van der Waals surface area contributed by atoms with Gasteiger partial charge in [-0.05, 0) is 26.0 Å². The summed E-state index contributed by atoms with van der Waals surface area (Å²) in [5, 5.41) is 8.73. The number of rotatable bonds is 7. The molecule has 128 valence electrons. The molecule has 0 radical (unpaired) electrons. The molecule has 1 aromatic heterocycles. The molecule has 0 spiro atoms. The number of nitrogens with zero attached hydrogens (tertiary/aromatic N) is 2. The molecule has 24 heavy (non-hydrogen) atoms. The third-order valence-electron chi connectivity index (χ3n) is 3.46. The smallest absolute Gasteiger partial charge is 0.315 e. The molecule has 0 aliphatic heterocycles. The van der Waals surface area contributed by atoms with Crippen molar-refractivity contribution in [3.05, 3.63) is 47.8 Å². The minimum absolute atomic E-state index is 0.162. The van der Waals surface area contributed by atoms with Crippen LogP contribution in [0.25, 0.3) is 0 Å². The number of carbonyl (C=O) groups is 1. The average Bonchev–Trinajstić information content (AvgIpc) is 2.59. The molecule has 2 rings (SSSR count). The van der Waals surface area contributed by atoms with Crippen molar-refractivity contribution in [3.8, 4) is 5.75 Å². The Hall–Kier alpha value is -2.83. The lowest BCUT2D eigenvalue weighted by atomic mass is 10.0. The Kier molecular flexibility index (Phi) is 6.36. The Morgan fingerprint density at radius 2 is 2.00 bits per heavy atom. The summed E-state index contributed by atoms with van der Waals surface area (Å²) >= 11 is 0. The van der Waals surface area contributed by atoms with E-state index in [1.54, 1.807) is 25.6 Å². The SMILES string of the molecule is COc1ccc(C)cc1[C@@H](C)NC(=O)NCCNc1ncccn1. The maximum atomic E-state index is 12.0. The number of carbonyl (C=O) groups excluding carboxylic acids is 1. The average molecular weight is 329 g/mol. The molecule has 0 saturated carbocycles. The van der Waals surface area contributed by atoms with E-state index in [2.05, 4.69) is 25.9 Å². The van der Waals surface area contributed by atoms with Gasteiger partial charge in [-0.25, -0.2) is 14.8 Å². The summed E-state index contributed by atoms with van der Waals surface area (Å²) in [5.74, 6) is 1.30. The second-order valence-electron chi connectivity index (χ2n) is 5.37. The molecule has 7 heteroatoms. The van der Waals surface area contributed by atoms with Crippen molar-refractivity contribution in [2.75, 3.05) is 25.5 Å². The van der Waals surface area contributed by atoms with Gasteiger partial charge in [-0.3, -0.25) is 0 Å². The second kappa shape index (κ2) is 8.71. The monoisotopic (exact) mass is 329 g/mol. The van der Waals surface area contributed by atoms with Gasteiger partial charge in [-0.15, -0.1) is 0 Å². The summed E-state index contributed by atoms with van der Waals surface area (Å²) < 4.78 is 5.35. The predicted molar refractivity (Wildman–Crippen MR) is 93.2 cm³/mol. The van der Waals surface area contributed by atoms with Crippen molar-refractivity contribution in [1.29, 1.82) is 0 Å². The summed E-state index contributed by atoms with van der Waals surface area (Å²) in [7, 11) is 1.62. The molecule has 1 aromatic carbocycles. The van der Waals surface area contributed by atoms with Gasteiger partial charge in [-0.2, -0.15) is 0 Å². The number of anilines is 1. The van der Waals surface area contributed by atoms with Crippen LogP contribution in [0.5, 0.6) is 5.75 Å². The lowest BCUT2D eigenvalue weighted by Gasteiger charge is -2.18. The number of benzene rings is 1. The third-order valence-corrected chi connectivity index (χ3v) is 3.46. The zero-order valence-electron chi connectivity index (χ0n) is 14.2. The van der Waals surface area contributed by atoms with E-state index in [9.17, 15) is 4.79 Å². The van der Waals surface area contributed by atoms with Crippen LogP contribution in [0.3, 0.4) is 0 Å². The normalized spacial score (nSPS) is 11.5. The third kappa shape index (κ3) is 5.12. The molecule has 2 aromatic rings.